The van der Waals surface area contributed by atoms with Crippen LogP contribution >= 0.6 is 0 Å². The number of hydrogen-bond donors (Lipinski definition) is 3. The second-order valence-electron chi connectivity index (χ2n) is 4.24. The van der Waals surface area contributed by atoms with Crippen LogP contribution in [0.25, 0.3) is 0 Å². The summed E-state index contributed by atoms with van der Waals surface area (Å²) in [6.07, 6.45) is 6.08. The Balaban J connectivity index is 1.99. The van der Waals surface area contributed by atoms with Gasteiger partial charge in [0.05, 0.1) is 0 Å². The normalized spacial score (nSPS) is 20.5. The van der Waals surface area contributed by atoms with Crippen molar-refractivity contribution >= 4 is 5.84 Å². The fourth-order valence-corrected chi connectivity index (χ4v) is 1.74. The number of hydrogen-bond acceptors (Lipinski definition) is 3. The second-order valence-corrected chi connectivity index (χ2v) is 4.24. The minimum atomic E-state index is 0.297. The van der Waals surface area contributed by atoms with E-state index in [1.807, 2.05) is 0 Å². The predicted octanol–water partition coefficient (Wildman–Crippen LogP) is 1.29. The summed E-state index contributed by atoms with van der Waals surface area (Å²) in [6, 6.07) is 0.297. The van der Waals surface area contributed by atoms with Crippen molar-refractivity contribution in [2.75, 3.05) is 6.54 Å². The minimum Gasteiger partial charge on any atom is -0.409 e. The summed E-state index contributed by atoms with van der Waals surface area (Å²) in [5.74, 6) is 1.24. The standard InChI is InChI=1S/C10H21N3O/c1-8(7-10(11)13-14)12-6-5-9-3-2-4-9/h8-9,12,14H,2-7H2,1H3,(H2,11,13). The Morgan fingerprint density at radius 1 is 1.64 bits per heavy atom. The maximum atomic E-state index is 8.38. The molecule has 4 N–H and O–H groups in total. The van der Waals surface area contributed by atoms with E-state index in [1.54, 1.807) is 0 Å². The molecule has 0 amide bonds. The monoisotopic (exact) mass is 199 g/mol. The van der Waals surface area contributed by atoms with Gasteiger partial charge in [0, 0.05) is 12.5 Å². The molecule has 1 aliphatic carbocycles. The summed E-state index contributed by atoms with van der Waals surface area (Å²) in [5, 5.41) is 14.7. The van der Waals surface area contributed by atoms with Crippen molar-refractivity contribution in [1.29, 1.82) is 0 Å². The van der Waals surface area contributed by atoms with E-state index < -0.39 is 0 Å². The SMILES string of the molecule is CC(CC(N)=NO)NCCC1CCC1. The van der Waals surface area contributed by atoms with Crippen LogP contribution in [0.15, 0.2) is 5.16 Å². The molecule has 1 unspecified atom stereocenters. The Kier molecular flexibility index (Phi) is 4.73. The van der Waals surface area contributed by atoms with Gasteiger partial charge in [0.1, 0.15) is 5.84 Å². The molecule has 1 fully saturated rings. The molecule has 0 aromatic heterocycles. The maximum absolute atomic E-state index is 8.38. The van der Waals surface area contributed by atoms with Crippen molar-refractivity contribution in [3.05, 3.63) is 0 Å². The third-order valence-corrected chi connectivity index (χ3v) is 2.91. The van der Waals surface area contributed by atoms with Crippen LogP contribution in [0.2, 0.25) is 0 Å². The molecular formula is C10H21N3O. The van der Waals surface area contributed by atoms with Gasteiger partial charge in [-0.15, -0.1) is 0 Å². The zero-order valence-corrected chi connectivity index (χ0v) is 8.87. The number of oxime groups is 1. The molecule has 1 atom stereocenters. The molecule has 0 spiro atoms. The van der Waals surface area contributed by atoms with E-state index in [4.69, 9.17) is 10.9 Å². The van der Waals surface area contributed by atoms with Crippen LogP contribution in [-0.4, -0.2) is 23.6 Å². The fraction of sp³-hybridized carbons (Fsp3) is 0.900. The first kappa shape index (κ1) is 11.3. The summed E-state index contributed by atoms with van der Waals surface area (Å²) in [4.78, 5) is 0. The summed E-state index contributed by atoms with van der Waals surface area (Å²) in [5.41, 5.74) is 5.40. The van der Waals surface area contributed by atoms with Gasteiger partial charge in [-0.05, 0) is 25.8 Å². The Hall–Kier alpha value is -0.770. The van der Waals surface area contributed by atoms with E-state index in [9.17, 15) is 0 Å². The smallest absolute Gasteiger partial charge is 0.140 e. The van der Waals surface area contributed by atoms with Gasteiger partial charge < -0.3 is 16.3 Å². The third-order valence-electron chi connectivity index (χ3n) is 2.91. The molecule has 14 heavy (non-hydrogen) atoms. The summed E-state index contributed by atoms with van der Waals surface area (Å²) < 4.78 is 0. The highest BCUT2D eigenvalue weighted by molar-refractivity contribution is 5.80. The highest BCUT2D eigenvalue weighted by Crippen LogP contribution is 2.28. The molecule has 0 aromatic rings. The molecule has 0 saturated heterocycles. The second kappa shape index (κ2) is 5.86. The van der Waals surface area contributed by atoms with E-state index in [0.29, 0.717) is 18.3 Å². The van der Waals surface area contributed by atoms with Crippen molar-refractivity contribution in [3.63, 3.8) is 0 Å². The average Bonchev–Trinajstić information content (AvgIpc) is 2.09. The zero-order valence-electron chi connectivity index (χ0n) is 8.87. The highest BCUT2D eigenvalue weighted by Gasteiger charge is 2.16. The van der Waals surface area contributed by atoms with Crippen LogP contribution in [-0.2, 0) is 0 Å². The number of nitrogens with one attached hydrogen (secondary N) is 1. The van der Waals surface area contributed by atoms with E-state index in [0.717, 1.165) is 12.5 Å². The topological polar surface area (TPSA) is 70.6 Å². The summed E-state index contributed by atoms with van der Waals surface area (Å²) in [6.45, 7) is 3.10. The molecule has 1 saturated carbocycles. The van der Waals surface area contributed by atoms with Gasteiger partial charge >= 0.3 is 0 Å². The van der Waals surface area contributed by atoms with Crippen LogP contribution in [0.4, 0.5) is 0 Å². The van der Waals surface area contributed by atoms with Gasteiger partial charge in [-0.25, -0.2) is 0 Å². The first-order valence-electron chi connectivity index (χ1n) is 5.42. The Morgan fingerprint density at radius 2 is 2.36 bits per heavy atom. The van der Waals surface area contributed by atoms with Crippen molar-refractivity contribution in [1.82, 2.24) is 5.32 Å². The molecule has 1 aliphatic rings. The van der Waals surface area contributed by atoms with E-state index in [1.165, 1.54) is 25.7 Å². The number of nitrogens with two attached hydrogens (primary N) is 1. The van der Waals surface area contributed by atoms with Gasteiger partial charge in [0.15, 0.2) is 0 Å². The number of nitrogens with zero attached hydrogens (tertiary/aromatic N) is 1. The molecule has 4 heteroatoms. The molecular weight excluding hydrogens is 178 g/mol. The predicted molar refractivity (Wildman–Crippen MR) is 57.4 cm³/mol. The van der Waals surface area contributed by atoms with Crippen molar-refractivity contribution in [3.8, 4) is 0 Å². The third kappa shape index (κ3) is 3.96. The lowest BCUT2D eigenvalue weighted by atomic mass is 9.83. The lowest BCUT2D eigenvalue weighted by Crippen LogP contribution is -2.33. The Labute approximate surface area is 85.6 Å². The minimum absolute atomic E-state index is 0.297. The molecule has 0 aromatic carbocycles. The largest absolute Gasteiger partial charge is 0.409 e. The molecule has 0 radical (unpaired) electrons. The average molecular weight is 199 g/mol. The first-order chi connectivity index (χ1) is 6.72. The lowest BCUT2D eigenvalue weighted by Gasteiger charge is -2.26. The van der Waals surface area contributed by atoms with E-state index in [2.05, 4.69) is 17.4 Å². The Bertz CT molecular complexity index is 190. The van der Waals surface area contributed by atoms with Crippen LogP contribution in [0.5, 0.6) is 0 Å². The van der Waals surface area contributed by atoms with Gasteiger partial charge in [0.2, 0.25) is 0 Å². The van der Waals surface area contributed by atoms with Crippen LogP contribution < -0.4 is 11.1 Å². The van der Waals surface area contributed by atoms with Gasteiger partial charge in [-0.1, -0.05) is 24.4 Å². The van der Waals surface area contributed by atoms with Crippen LogP contribution in [0.1, 0.15) is 39.0 Å². The van der Waals surface area contributed by atoms with Gasteiger partial charge in [0.25, 0.3) is 0 Å². The van der Waals surface area contributed by atoms with Crippen molar-refractivity contribution in [2.24, 2.45) is 16.8 Å². The van der Waals surface area contributed by atoms with Crippen LogP contribution in [0, 0.1) is 5.92 Å². The van der Waals surface area contributed by atoms with Crippen LogP contribution in [0.3, 0.4) is 0 Å². The number of rotatable bonds is 6. The summed E-state index contributed by atoms with van der Waals surface area (Å²) >= 11 is 0. The highest BCUT2D eigenvalue weighted by atomic mass is 16.4. The van der Waals surface area contributed by atoms with Gasteiger partial charge in [-0.3, -0.25) is 0 Å². The molecule has 0 bridgehead atoms. The molecule has 0 heterocycles. The quantitative estimate of drug-likeness (QED) is 0.261. The number of amidine groups is 1. The fourth-order valence-electron chi connectivity index (χ4n) is 1.74. The molecule has 1 rings (SSSR count). The Morgan fingerprint density at radius 3 is 2.86 bits per heavy atom. The zero-order chi connectivity index (χ0) is 10.4. The van der Waals surface area contributed by atoms with Crippen molar-refractivity contribution in [2.45, 2.75) is 45.1 Å². The van der Waals surface area contributed by atoms with Gasteiger partial charge in [-0.2, -0.15) is 0 Å². The van der Waals surface area contributed by atoms with E-state index >= 15 is 0 Å². The molecule has 0 aliphatic heterocycles. The molecule has 82 valence electrons. The summed E-state index contributed by atoms with van der Waals surface area (Å²) in [7, 11) is 0. The first-order valence-corrected chi connectivity index (χ1v) is 5.42. The maximum Gasteiger partial charge on any atom is 0.140 e. The molecule has 4 nitrogen and oxygen atoms in total. The van der Waals surface area contributed by atoms with E-state index in [-0.39, 0.29) is 0 Å². The van der Waals surface area contributed by atoms with Crippen molar-refractivity contribution < 1.29 is 5.21 Å². The lowest BCUT2D eigenvalue weighted by molar-refractivity contribution is 0.288.